The lowest BCUT2D eigenvalue weighted by atomic mass is 10.2. The van der Waals surface area contributed by atoms with Crippen LogP contribution in [0.3, 0.4) is 0 Å². The van der Waals surface area contributed by atoms with Gasteiger partial charge in [0, 0.05) is 12.2 Å². The summed E-state index contributed by atoms with van der Waals surface area (Å²) < 4.78 is 0. The number of hydrogen-bond acceptors (Lipinski definition) is 4. The van der Waals surface area contributed by atoms with E-state index in [-0.39, 0.29) is 13.0 Å². The van der Waals surface area contributed by atoms with Crippen LogP contribution in [0, 0.1) is 0 Å². The number of carbonyl (C=O) groups is 1. The fourth-order valence-corrected chi connectivity index (χ4v) is 0.150. The largest absolute Gasteiger partial charge is 0.481 e. The molecule has 5 heteroatoms. The van der Waals surface area contributed by atoms with E-state index >= 15 is 0 Å². The van der Waals surface area contributed by atoms with Crippen LogP contribution in [-0.4, -0.2) is 39.2 Å². The minimum Gasteiger partial charge on any atom is -0.481 e. The van der Waals surface area contributed by atoms with Gasteiger partial charge in [-0.2, -0.15) is 12.6 Å². The molecular formula is C7H16O4S. The van der Waals surface area contributed by atoms with Crippen molar-refractivity contribution in [3.8, 4) is 0 Å². The van der Waals surface area contributed by atoms with Crippen molar-refractivity contribution < 1.29 is 20.1 Å². The minimum absolute atomic E-state index is 0.222. The molecule has 0 spiro atoms. The van der Waals surface area contributed by atoms with Crippen LogP contribution >= 0.6 is 12.6 Å². The summed E-state index contributed by atoms with van der Waals surface area (Å²) in [6.07, 6.45) is 0.222. The Morgan fingerprint density at radius 2 is 1.92 bits per heavy atom. The maximum absolute atomic E-state index is 9.37. The van der Waals surface area contributed by atoms with Crippen LogP contribution in [0.25, 0.3) is 0 Å². The fourth-order valence-electron chi connectivity index (χ4n) is 0.0500. The molecule has 0 aromatic rings. The van der Waals surface area contributed by atoms with Gasteiger partial charge in [0.25, 0.3) is 0 Å². The van der Waals surface area contributed by atoms with Gasteiger partial charge in [0.15, 0.2) is 0 Å². The zero-order chi connectivity index (χ0) is 10.2. The van der Waals surface area contributed by atoms with Gasteiger partial charge < -0.3 is 15.3 Å². The Morgan fingerprint density at radius 1 is 1.58 bits per heavy atom. The van der Waals surface area contributed by atoms with Gasteiger partial charge >= 0.3 is 5.97 Å². The monoisotopic (exact) mass is 196 g/mol. The van der Waals surface area contributed by atoms with E-state index in [2.05, 4.69) is 12.6 Å². The van der Waals surface area contributed by atoms with Crippen molar-refractivity contribution in [2.45, 2.75) is 25.9 Å². The van der Waals surface area contributed by atoms with Crippen molar-refractivity contribution in [1.82, 2.24) is 0 Å². The summed E-state index contributed by atoms with van der Waals surface area (Å²) in [6.45, 7) is 2.90. The molecule has 0 rings (SSSR count). The normalized spacial score (nSPS) is 14.1. The Hall–Kier alpha value is -0.260. The molecule has 0 aliphatic carbocycles. The van der Waals surface area contributed by atoms with Crippen LogP contribution in [0.2, 0.25) is 0 Å². The van der Waals surface area contributed by atoms with Crippen LogP contribution in [0.4, 0.5) is 0 Å². The maximum Gasteiger partial charge on any atom is 0.303 e. The molecule has 0 aromatic carbocycles. The highest BCUT2D eigenvalue weighted by Gasteiger charge is 2.14. The Morgan fingerprint density at radius 3 is 1.92 bits per heavy atom. The Labute approximate surface area is 77.6 Å². The number of aliphatic hydroxyl groups is 2. The summed E-state index contributed by atoms with van der Waals surface area (Å²) in [6, 6.07) is 0. The average Bonchev–Trinajstić information content (AvgIpc) is 2.05. The number of carboxylic acids is 1. The molecule has 0 saturated heterocycles. The second-order valence-corrected chi connectivity index (χ2v) is 2.88. The highest BCUT2D eigenvalue weighted by Crippen LogP contribution is 2.01. The van der Waals surface area contributed by atoms with Crippen LogP contribution in [0.5, 0.6) is 0 Å². The molecule has 0 heterocycles. The third-order valence-corrected chi connectivity index (χ3v) is 1.66. The second-order valence-electron chi connectivity index (χ2n) is 2.56. The summed E-state index contributed by atoms with van der Waals surface area (Å²) in [5, 5.41) is 24.8. The predicted octanol–water partition coefficient (Wildman–Crippen LogP) is 0.141. The molecule has 1 unspecified atom stereocenters. The molecule has 74 valence electrons. The van der Waals surface area contributed by atoms with Gasteiger partial charge in [-0.15, -0.1) is 0 Å². The summed E-state index contributed by atoms with van der Waals surface area (Å²) in [4.78, 5) is 9.37. The maximum atomic E-state index is 9.37. The van der Waals surface area contributed by atoms with Gasteiger partial charge in [-0.1, -0.05) is 6.92 Å². The smallest absolute Gasteiger partial charge is 0.303 e. The molecule has 0 amide bonds. The van der Waals surface area contributed by atoms with Crippen molar-refractivity contribution in [3.05, 3.63) is 0 Å². The number of carboxylic acid groups (broad SMARTS) is 1. The standard InChI is InChI=1S/C4H10O2S.C3H6O2/c1-4(6,2-5)3-7;1-2-3(4)5/h5-7H,2-3H2,1H3;2H2,1H3,(H,4,5). The van der Waals surface area contributed by atoms with Crippen molar-refractivity contribution in [2.24, 2.45) is 0 Å². The van der Waals surface area contributed by atoms with E-state index in [0.717, 1.165) is 0 Å². The Kier molecular flexibility index (Phi) is 8.79. The van der Waals surface area contributed by atoms with E-state index in [9.17, 15) is 4.79 Å². The quantitative estimate of drug-likeness (QED) is 0.484. The van der Waals surface area contributed by atoms with E-state index in [0.29, 0.717) is 5.75 Å². The molecule has 0 radical (unpaired) electrons. The van der Waals surface area contributed by atoms with Crippen molar-refractivity contribution in [2.75, 3.05) is 12.4 Å². The molecule has 4 nitrogen and oxygen atoms in total. The molecule has 0 aliphatic rings. The predicted molar refractivity (Wildman–Crippen MR) is 49.5 cm³/mol. The van der Waals surface area contributed by atoms with Crippen molar-refractivity contribution in [1.29, 1.82) is 0 Å². The van der Waals surface area contributed by atoms with E-state index in [4.69, 9.17) is 15.3 Å². The van der Waals surface area contributed by atoms with Crippen molar-refractivity contribution in [3.63, 3.8) is 0 Å². The first kappa shape index (κ1) is 14.3. The van der Waals surface area contributed by atoms with Gasteiger partial charge in [0.05, 0.1) is 12.2 Å². The van der Waals surface area contributed by atoms with Crippen LogP contribution in [0.15, 0.2) is 0 Å². The zero-order valence-electron chi connectivity index (χ0n) is 7.32. The highest BCUT2D eigenvalue weighted by atomic mass is 32.1. The molecule has 0 fully saturated rings. The van der Waals surface area contributed by atoms with Crippen molar-refractivity contribution >= 4 is 18.6 Å². The Balaban J connectivity index is 0. The van der Waals surface area contributed by atoms with E-state index in [1.807, 2.05) is 0 Å². The van der Waals surface area contributed by atoms with Crippen LogP contribution in [-0.2, 0) is 4.79 Å². The van der Waals surface area contributed by atoms with Crippen LogP contribution in [0.1, 0.15) is 20.3 Å². The van der Waals surface area contributed by atoms with Gasteiger partial charge in [-0.3, -0.25) is 4.79 Å². The van der Waals surface area contributed by atoms with E-state index in [1.54, 1.807) is 6.92 Å². The van der Waals surface area contributed by atoms with Gasteiger partial charge in [0.2, 0.25) is 0 Å². The van der Waals surface area contributed by atoms with Gasteiger partial charge in [0.1, 0.15) is 0 Å². The molecule has 1 atom stereocenters. The molecule has 3 N–H and O–H groups in total. The van der Waals surface area contributed by atoms with Gasteiger partial charge in [-0.05, 0) is 6.92 Å². The number of hydrogen-bond donors (Lipinski definition) is 4. The summed E-state index contributed by atoms with van der Waals surface area (Å²) in [5.74, 6) is -0.450. The molecule has 0 aromatic heterocycles. The third kappa shape index (κ3) is 12.4. The SMILES string of the molecule is CC(O)(CO)CS.CCC(=O)O. The lowest BCUT2D eigenvalue weighted by Gasteiger charge is -2.15. The molecule has 12 heavy (non-hydrogen) atoms. The molecule has 0 saturated carbocycles. The molecule has 0 bridgehead atoms. The first-order valence-electron chi connectivity index (χ1n) is 3.55. The van der Waals surface area contributed by atoms with Crippen LogP contribution < -0.4 is 0 Å². The number of aliphatic carboxylic acids is 1. The Bertz CT molecular complexity index is 119. The highest BCUT2D eigenvalue weighted by molar-refractivity contribution is 7.80. The minimum atomic E-state index is -0.997. The molecular weight excluding hydrogens is 180 g/mol. The fraction of sp³-hybridized carbons (Fsp3) is 0.857. The molecule has 0 aliphatic heterocycles. The zero-order valence-corrected chi connectivity index (χ0v) is 8.21. The second kappa shape index (κ2) is 7.39. The summed E-state index contributed by atoms with van der Waals surface area (Å²) in [5.41, 5.74) is -0.997. The first-order chi connectivity index (χ1) is 5.39. The summed E-state index contributed by atoms with van der Waals surface area (Å²) >= 11 is 3.77. The average molecular weight is 196 g/mol. The topological polar surface area (TPSA) is 77.8 Å². The third-order valence-electron chi connectivity index (χ3n) is 0.984. The summed E-state index contributed by atoms with van der Waals surface area (Å²) in [7, 11) is 0. The first-order valence-corrected chi connectivity index (χ1v) is 4.18. The van der Waals surface area contributed by atoms with Gasteiger partial charge in [-0.25, -0.2) is 0 Å². The number of aliphatic hydroxyl groups excluding tert-OH is 1. The number of rotatable bonds is 3. The lowest BCUT2D eigenvalue weighted by molar-refractivity contribution is -0.136. The van der Waals surface area contributed by atoms with E-state index < -0.39 is 11.6 Å². The lowest BCUT2D eigenvalue weighted by Crippen LogP contribution is -2.30. The van der Waals surface area contributed by atoms with E-state index in [1.165, 1.54) is 6.92 Å². The number of thiol groups is 1.